The molecule has 8 heteroatoms. The minimum absolute atomic E-state index is 0.0627. The summed E-state index contributed by atoms with van der Waals surface area (Å²) in [6, 6.07) is 23.2. The molecule has 0 aliphatic carbocycles. The van der Waals surface area contributed by atoms with Crippen molar-refractivity contribution in [1.82, 2.24) is 9.78 Å². The second-order valence-corrected chi connectivity index (χ2v) is 8.26. The molecule has 0 bridgehead atoms. The minimum atomic E-state index is -4.56. The number of halogens is 5. The normalized spacial score (nSPS) is 11.7. The van der Waals surface area contributed by atoms with E-state index in [1.165, 1.54) is 6.07 Å². The summed E-state index contributed by atoms with van der Waals surface area (Å²) in [6.07, 6.45) is -4.56. The number of hydrogen-bond acceptors (Lipinski definition) is 2. The van der Waals surface area contributed by atoms with Gasteiger partial charge in [-0.1, -0.05) is 60.7 Å². The summed E-state index contributed by atoms with van der Waals surface area (Å²) in [5.74, 6) is -1.55. The molecule has 3 nitrogen and oxygen atoms in total. The Morgan fingerprint density at radius 1 is 0.778 bits per heavy atom. The predicted octanol–water partition coefficient (Wildman–Crippen LogP) is 7.63. The summed E-state index contributed by atoms with van der Waals surface area (Å²) < 4.78 is 75.7. The monoisotopic (exact) mass is 494 g/mol. The van der Waals surface area contributed by atoms with Crippen LogP contribution in [0.15, 0.2) is 91.0 Å². The fourth-order valence-corrected chi connectivity index (χ4v) is 4.11. The van der Waals surface area contributed by atoms with E-state index in [1.807, 2.05) is 30.3 Å². The largest absolute Gasteiger partial charge is 0.486 e. The van der Waals surface area contributed by atoms with E-state index in [0.29, 0.717) is 22.2 Å². The van der Waals surface area contributed by atoms with Gasteiger partial charge in [-0.2, -0.15) is 18.3 Å². The van der Waals surface area contributed by atoms with Gasteiger partial charge in [0.05, 0.1) is 17.8 Å². The van der Waals surface area contributed by atoms with Crippen molar-refractivity contribution in [1.29, 1.82) is 0 Å². The third kappa shape index (κ3) is 4.79. The average Bonchev–Trinajstić information content (AvgIpc) is 3.22. The number of ether oxygens (including phenoxy) is 1. The van der Waals surface area contributed by atoms with Crippen molar-refractivity contribution in [3.05, 3.63) is 119 Å². The van der Waals surface area contributed by atoms with E-state index in [4.69, 9.17) is 4.74 Å². The van der Waals surface area contributed by atoms with Crippen LogP contribution < -0.4 is 4.74 Å². The van der Waals surface area contributed by atoms with Crippen LogP contribution in [-0.4, -0.2) is 9.78 Å². The van der Waals surface area contributed by atoms with E-state index in [-0.39, 0.29) is 24.4 Å². The number of alkyl halides is 3. The van der Waals surface area contributed by atoms with Gasteiger partial charge in [0.1, 0.15) is 17.9 Å². The molecule has 4 aromatic carbocycles. The van der Waals surface area contributed by atoms with Gasteiger partial charge in [-0.05, 0) is 35.4 Å². The van der Waals surface area contributed by atoms with Gasteiger partial charge in [0.25, 0.3) is 0 Å². The van der Waals surface area contributed by atoms with Crippen molar-refractivity contribution < 1.29 is 26.7 Å². The lowest BCUT2D eigenvalue weighted by Gasteiger charge is -2.11. The van der Waals surface area contributed by atoms with Crippen molar-refractivity contribution in [3.8, 4) is 17.0 Å². The second kappa shape index (κ2) is 9.45. The van der Waals surface area contributed by atoms with Gasteiger partial charge < -0.3 is 4.74 Å². The Bertz CT molecular complexity index is 1530. The fraction of sp³-hybridized carbons (Fsp3) is 0.107. The molecule has 182 valence electrons. The van der Waals surface area contributed by atoms with E-state index >= 15 is 0 Å². The molecule has 0 aliphatic heterocycles. The van der Waals surface area contributed by atoms with Crippen molar-refractivity contribution in [2.24, 2.45) is 0 Å². The Morgan fingerprint density at radius 2 is 1.53 bits per heavy atom. The number of nitrogens with zero attached hydrogens (tertiary/aromatic N) is 2. The molecule has 0 radical (unpaired) electrons. The van der Waals surface area contributed by atoms with Crippen LogP contribution in [0.2, 0.25) is 0 Å². The Hall–Kier alpha value is -4.20. The Labute approximate surface area is 203 Å². The van der Waals surface area contributed by atoms with Crippen LogP contribution in [0.1, 0.15) is 16.7 Å². The molecule has 0 amide bonds. The van der Waals surface area contributed by atoms with Crippen LogP contribution in [-0.2, 0) is 19.3 Å². The number of hydrogen-bond donors (Lipinski definition) is 0. The quantitative estimate of drug-likeness (QED) is 0.227. The van der Waals surface area contributed by atoms with Gasteiger partial charge in [-0.25, -0.2) is 8.78 Å². The van der Waals surface area contributed by atoms with Gasteiger partial charge in [0.15, 0.2) is 11.6 Å². The molecule has 1 aromatic heterocycles. The topological polar surface area (TPSA) is 27.1 Å². The molecular weight excluding hydrogens is 475 g/mol. The van der Waals surface area contributed by atoms with Gasteiger partial charge in [0, 0.05) is 17.0 Å². The summed E-state index contributed by atoms with van der Waals surface area (Å²) in [5, 5.41) is 4.73. The molecule has 0 atom stereocenters. The van der Waals surface area contributed by atoms with Crippen LogP contribution in [0, 0.1) is 11.6 Å². The Morgan fingerprint density at radius 3 is 2.31 bits per heavy atom. The first-order valence-corrected chi connectivity index (χ1v) is 11.1. The lowest BCUT2D eigenvalue weighted by molar-refractivity contribution is -0.136. The highest BCUT2D eigenvalue weighted by atomic mass is 19.4. The maximum atomic E-state index is 13.9. The molecule has 0 fully saturated rings. The van der Waals surface area contributed by atoms with E-state index in [1.54, 1.807) is 35.0 Å². The number of fused-ring (bicyclic) bond motifs is 1. The molecule has 0 N–H and O–H groups in total. The highest BCUT2D eigenvalue weighted by Gasteiger charge is 2.34. The minimum Gasteiger partial charge on any atom is -0.486 e. The summed E-state index contributed by atoms with van der Waals surface area (Å²) in [6.45, 7) is 0.199. The smallest absolute Gasteiger partial charge is 0.418 e. The zero-order valence-electron chi connectivity index (χ0n) is 18.8. The maximum Gasteiger partial charge on any atom is 0.418 e. The van der Waals surface area contributed by atoms with Gasteiger partial charge in [0.2, 0.25) is 0 Å². The molecule has 1 heterocycles. The third-order valence-electron chi connectivity index (χ3n) is 5.74. The van der Waals surface area contributed by atoms with Crippen LogP contribution in [0.4, 0.5) is 22.0 Å². The number of benzene rings is 4. The lowest BCUT2D eigenvalue weighted by Crippen LogP contribution is -2.06. The van der Waals surface area contributed by atoms with E-state index in [0.717, 1.165) is 29.8 Å². The third-order valence-corrected chi connectivity index (χ3v) is 5.74. The lowest BCUT2D eigenvalue weighted by atomic mass is 10.0. The Balaban J connectivity index is 1.58. The molecule has 36 heavy (non-hydrogen) atoms. The first-order valence-electron chi connectivity index (χ1n) is 11.1. The summed E-state index contributed by atoms with van der Waals surface area (Å²) >= 11 is 0. The number of aromatic nitrogens is 2. The van der Waals surface area contributed by atoms with Crippen molar-refractivity contribution in [2.75, 3.05) is 0 Å². The first kappa shape index (κ1) is 23.5. The van der Waals surface area contributed by atoms with E-state index < -0.39 is 23.4 Å². The molecule has 0 spiro atoms. The molecule has 0 unspecified atom stereocenters. The highest BCUT2D eigenvalue weighted by Crippen LogP contribution is 2.38. The zero-order valence-corrected chi connectivity index (χ0v) is 18.8. The summed E-state index contributed by atoms with van der Waals surface area (Å²) in [4.78, 5) is 0. The second-order valence-electron chi connectivity index (χ2n) is 8.26. The fourth-order valence-electron chi connectivity index (χ4n) is 4.11. The first-order chi connectivity index (χ1) is 17.3. The van der Waals surface area contributed by atoms with E-state index in [2.05, 4.69) is 5.10 Å². The van der Waals surface area contributed by atoms with Crippen LogP contribution in [0.3, 0.4) is 0 Å². The SMILES string of the molecule is Fc1ccc(F)c(OCc2cccc(-c3c4cccc(C(F)(F)F)c4nn3Cc3ccccc3)c2)c1. The molecular formula is C28H19F5N2O. The molecule has 5 aromatic rings. The summed E-state index contributed by atoms with van der Waals surface area (Å²) in [5.41, 5.74) is 1.69. The van der Waals surface area contributed by atoms with Crippen LogP contribution >= 0.6 is 0 Å². The maximum absolute atomic E-state index is 13.9. The van der Waals surface area contributed by atoms with E-state index in [9.17, 15) is 22.0 Å². The van der Waals surface area contributed by atoms with Crippen LogP contribution in [0.5, 0.6) is 5.75 Å². The van der Waals surface area contributed by atoms with Gasteiger partial charge in [-0.15, -0.1) is 0 Å². The molecule has 0 saturated carbocycles. The molecule has 0 saturated heterocycles. The van der Waals surface area contributed by atoms with Gasteiger partial charge >= 0.3 is 6.18 Å². The van der Waals surface area contributed by atoms with Crippen molar-refractivity contribution in [3.63, 3.8) is 0 Å². The summed E-state index contributed by atoms with van der Waals surface area (Å²) in [7, 11) is 0. The zero-order chi connectivity index (χ0) is 25.3. The number of rotatable bonds is 6. The molecule has 0 aliphatic rings. The highest BCUT2D eigenvalue weighted by molar-refractivity contribution is 5.95. The van der Waals surface area contributed by atoms with Crippen molar-refractivity contribution >= 4 is 10.9 Å². The standard InChI is InChI=1S/C28H19F5N2O/c29-21-12-13-24(30)25(15-21)36-17-19-8-4-9-20(14-19)27-22-10-5-11-23(28(31,32)33)26(22)34-35(27)16-18-6-2-1-3-7-18/h1-15H,16-17H2. The Kier molecular flexibility index (Phi) is 6.18. The predicted molar refractivity (Wildman–Crippen MR) is 126 cm³/mol. The van der Waals surface area contributed by atoms with Crippen LogP contribution in [0.25, 0.3) is 22.2 Å². The molecule has 5 rings (SSSR count). The average molecular weight is 494 g/mol. The van der Waals surface area contributed by atoms with Crippen molar-refractivity contribution in [2.45, 2.75) is 19.3 Å². The van der Waals surface area contributed by atoms with Gasteiger partial charge in [-0.3, -0.25) is 4.68 Å².